The second-order valence-electron chi connectivity index (χ2n) is 4.28. The Morgan fingerprint density at radius 2 is 1.91 bits per heavy atom. The second kappa shape index (κ2) is 10.2. The number of nitrogens with zero attached hydrogens (tertiary/aromatic N) is 1. The van der Waals surface area contributed by atoms with E-state index in [0.717, 1.165) is 0 Å². The fourth-order valence-electron chi connectivity index (χ4n) is 1.67. The third-order valence-electron chi connectivity index (χ3n) is 2.68. The van der Waals surface area contributed by atoms with Crippen molar-refractivity contribution in [3.8, 4) is 11.5 Å². The SMILES string of the molecule is CNCCNC(=O)Cc1coc(-c2ccc(F)cc2)n1.Cl.Cl. The number of hydrogen-bond donors (Lipinski definition) is 2. The molecule has 0 fully saturated rings. The van der Waals surface area contributed by atoms with Gasteiger partial charge >= 0.3 is 0 Å². The lowest BCUT2D eigenvalue weighted by atomic mass is 10.2. The van der Waals surface area contributed by atoms with E-state index in [0.29, 0.717) is 30.2 Å². The zero-order valence-corrected chi connectivity index (χ0v) is 13.6. The number of rotatable bonds is 6. The smallest absolute Gasteiger partial charge is 0.226 e. The molecule has 2 N–H and O–H groups in total. The van der Waals surface area contributed by atoms with Crippen LogP contribution in [0.4, 0.5) is 4.39 Å². The molecule has 1 heterocycles. The molecule has 1 amide bonds. The number of hydrogen-bond acceptors (Lipinski definition) is 4. The van der Waals surface area contributed by atoms with Gasteiger partial charge in [0.1, 0.15) is 12.1 Å². The predicted molar refractivity (Wildman–Crippen MR) is 87.0 cm³/mol. The Labute approximate surface area is 140 Å². The van der Waals surface area contributed by atoms with Gasteiger partial charge in [0.25, 0.3) is 0 Å². The second-order valence-corrected chi connectivity index (χ2v) is 4.28. The van der Waals surface area contributed by atoms with Crippen LogP contribution in [0.25, 0.3) is 11.5 Å². The van der Waals surface area contributed by atoms with Gasteiger partial charge in [0.2, 0.25) is 11.8 Å². The molecule has 0 aliphatic heterocycles. The molecule has 0 aliphatic rings. The van der Waals surface area contributed by atoms with E-state index in [-0.39, 0.29) is 43.0 Å². The highest BCUT2D eigenvalue weighted by Crippen LogP contribution is 2.18. The van der Waals surface area contributed by atoms with Crippen molar-refractivity contribution in [1.82, 2.24) is 15.6 Å². The molecule has 2 rings (SSSR count). The molecule has 1 aromatic carbocycles. The van der Waals surface area contributed by atoms with Crippen molar-refractivity contribution >= 4 is 30.7 Å². The van der Waals surface area contributed by atoms with Crippen LogP contribution < -0.4 is 10.6 Å². The molecule has 2 aromatic rings. The van der Waals surface area contributed by atoms with Crippen LogP contribution in [0.3, 0.4) is 0 Å². The number of carbonyl (C=O) groups excluding carboxylic acids is 1. The molecule has 1 aromatic heterocycles. The van der Waals surface area contributed by atoms with E-state index in [2.05, 4.69) is 15.6 Å². The Morgan fingerprint density at radius 1 is 1.23 bits per heavy atom. The van der Waals surface area contributed by atoms with Crippen molar-refractivity contribution in [2.45, 2.75) is 6.42 Å². The van der Waals surface area contributed by atoms with Crippen molar-refractivity contribution in [3.63, 3.8) is 0 Å². The average Bonchev–Trinajstić information content (AvgIpc) is 2.88. The highest BCUT2D eigenvalue weighted by atomic mass is 35.5. The first-order chi connectivity index (χ1) is 9.69. The summed E-state index contributed by atoms with van der Waals surface area (Å²) in [5, 5.41) is 5.69. The van der Waals surface area contributed by atoms with Gasteiger partial charge in [-0.1, -0.05) is 0 Å². The van der Waals surface area contributed by atoms with Crippen molar-refractivity contribution in [3.05, 3.63) is 42.0 Å². The summed E-state index contributed by atoms with van der Waals surface area (Å²) < 4.78 is 18.1. The number of benzene rings is 1. The van der Waals surface area contributed by atoms with Crippen LogP contribution in [0, 0.1) is 5.82 Å². The van der Waals surface area contributed by atoms with Gasteiger partial charge in [0.05, 0.1) is 12.1 Å². The Morgan fingerprint density at radius 3 is 2.55 bits per heavy atom. The molecular formula is C14H18Cl2FN3O2. The number of halogens is 3. The fourth-order valence-corrected chi connectivity index (χ4v) is 1.67. The lowest BCUT2D eigenvalue weighted by Gasteiger charge is -2.02. The molecule has 0 saturated heterocycles. The summed E-state index contributed by atoms with van der Waals surface area (Å²) >= 11 is 0. The summed E-state index contributed by atoms with van der Waals surface area (Å²) in [5.41, 5.74) is 1.22. The van der Waals surface area contributed by atoms with Gasteiger partial charge < -0.3 is 15.1 Å². The average molecular weight is 350 g/mol. The van der Waals surface area contributed by atoms with Gasteiger partial charge in [0.15, 0.2) is 0 Å². The Hall–Kier alpha value is -1.63. The van der Waals surface area contributed by atoms with Crippen LogP contribution in [0.5, 0.6) is 0 Å². The molecule has 8 heteroatoms. The minimum atomic E-state index is -0.315. The third kappa shape index (κ3) is 6.01. The van der Waals surface area contributed by atoms with Crippen molar-refractivity contribution in [2.75, 3.05) is 20.1 Å². The monoisotopic (exact) mass is 349 g/mol. The van der Waals surface area contributed by atoms with Crippen LogP contribution in [0.2, 0.25) is 0 Å². The normalized spacial score (nSPS) is 9.55. The Bertz CT molecular complexity index is 576. The zero-order chi connectivity index (χ0) is 14.4. The number of oxazole rings is 1. The van der Waals surface area contributed by atoms with E-state index in [1.807, 2.05) is 7.05 Å². The standard InChI is InChI=1S/C14H16FN3O2.2ClH/c1-16-6-7-17-13(19)8-12-9-20-14(18-12)10-2-4-11(15)5-3-10;;/h2-5,9,16H,6-8H2,1H3,(H,17,19);2*1H. The molecule has 0 unspecified atom stereocenters. The first-order valence-electron chi connectivity index (χ1n) is 6.30. The number of likely N-dealkylation sites (N-methyl/N-ethyl adjacent to an activating group) is 1. The summed E-state index contributed by atoms with van der Waals surface area (Å²) in [6.07, 6.45) is 1.60. The lowest BCUT2D eigenvalue weighted by molar-refractivity contribution is -0.120. The highest BCUT2D eigenvalue weighted by Gasteiger charge is 2.10. The maximum atomic E-state index is 12.8. The van der Waals surface area contributed by atoms with Gasteiger partial charge in [0, 0.05) is 18.7 Å². The summed E-state index contributed by atoms with van der Waals surface area (Å²) in [5.74, 6) is -0.0494. The highest BCUT2D eigenvalue weighted by molar-refractivity contribution is 5.85. The summed E-state index contributed by atoms with van der Waals surface area (Å²) in [7, 11) is 1.82. The number of amides is 1. The fraction of sp³-hybridized carbons (Fsp3) is 0.286. The molecular weight excluding hydrogens is 332 g/mol. The topological polar surface area (TPSA) is 67.2 Å². The van der Waals surface area contributed by atoms with Crippen LogP contribution in [0.15, 0.2) is 34.9 Å². The maximum Gasteiger partial charge on any atom is 0.226 e. The van der Waals surface area contributed by atoms with Crippen LogP contribution >= 0.6 is 24.8 Å². The van der Waals surface area contributed by atoms with Crippen LogP contribution in [0.1, 0.15) is 5.69 Å². The van der Waals surface area contributed by atoms with E-state index in [9.17, 15) is 9.18 Å². The lowest BCUT2D eigenvalue weighted by Crippen LogP contribution is -2.31. The number of aromatic nitrogens is 1. The zero-order valence-electron chi connectivity index (χ0n) is 12.0. The minimum absolute atomic E-state index is 0. The van der Waals surface area contributed by atoms with Crippen molar-refractivity contribution in [1.29, 1.82) is 0 Å². The molecule has 0 aliphatic carbocycles. The van der Waals surface area contributed by atoms with E-state index in [1.165, 1.54) is 18.4 Å². The largest absolute Gasteiger partial charge is 0.444 e. The van der Waals surface area contributed by atoms with Gasteiger partial charge in [-0.25, -0.2) is 9.37 Å². The van der Waals surface area contributed by atoms with Gasteiger partial charge in [-0.2, -0.15) is 0 Å². The first kappa shape index (κ1) is 20.4. The quantitative estimate of drug-likeness (QED) is 0.784. The third-order valence-corrected chi connectivity index (χ3v) is 2.68. The van der Waals surface area contributed by atoms with E-state index in [1.54, 1.807) is 12.1 Å². The Kier molecular flexibility index (Phi) is 9.40. The van der Waals surface area contributed by atoms with Gasteiger partial charge in [-0.15, -0.1) is 24.8 Å². The number of nitrogens with one attached hydrogen (secondary N) is 2. The Balaban J connectivity index is 0.00000220. The van der Waals surface area contributed by atoms with E-state index in [4.69, 9.17) is 4.42 Å². The van der Waals surface area contributed by atoms with E-state index < -0.39 is 0 Å². The molecule has 0 radical (unpaired) electrons. The van der Waals surface area contributed by atoms with Gasteiger partial charge in [-0.3, -0.25) is 4.79 Å². The molecule has 22 heavy (non-hydrogen) atoms. The molecule has 0 bridgehead atoms. The minimum Gasteiger partial charge on any atom is -0.444 e. The number of carbonyl (C=O) groups is 1. The van der Waals surface area contributed by atoms with Crippen LogP contribution in [-0.4, -0.2) is 31.0 Å². The summed E-state index contributed by atoms with van der Waals surface area (Å²) in [6.45, 7) is 1.28. The predicted octanol–water partition coefficient (Wildman–Crippen LogP) is 2.20. The van der Waals surface area contributed by atoms with Gasteiger partial charge in [-0.05, 0) is 31.3 Å². The maximum absolute atomic E-state index is 12.8. The van der Waals surface area contributed by atoms with Crippen molar-refractivity contribution < 1.29 is 13.6 Å². The molecule has 5 nitrogen and oxygen atoms in total. The summed E-state index contributed by atoms with van der Waals surface area (Å²) in [6, 6.07) is 5.84. The molecule has 0 spiro atoms. The first-order valence-corrected chi connectivity index (χ1v) is 6.30. The van der Waals surface area contributed by atoms with Crippen LogP contribution in [-0.2, 0) is 11.2 Å². The molecule has 0 atom stereocenters. The molecule has 0 saturated carbocycles. The summed E-state index contributed by atoms with van der Waals surface area (Å²) in [4.78, 5) is 15.8. The van der Waals surface area contributed by atoms with E-state index >= 15 is 0 Å². The molecule has 122 valence electrons. The van der Waals surface area contributed by atoms with Crippen molar-refractivity contribution in [2.24, 2.45) is 0 Å².